The zero-order chi connectivity index (χ0) is 25.0. The highest BCUT2D eigenvalue weighted by atomic mass is 35.5. The van der Waals surface area contributed by atoms with Gasteiger partial charge in [-0.05, 0) is 63.2 Å². The van der Waals surface area contributed by atoms with Crippen LogP contribution >= 0.6 is 22.9 Å². The van der Waals surface area contributed by atoms with Gasteiger partial charge in [0, 0.05) is 47.1 Å². The Morgan fingerprint density at radius 1 is 1.03 bits per heavy atom. The largest absolute Gasteiger partial charge is 0.490 e. The van der Waals surface area contributed by atoms with Crippen LogP contribution in [0.1, 0.15) is 43.3 Å². The average Bonchev–Trinajstić information content (AvgIpc) is 3.29. The standard InChI is InChI=1S/C27H29ClN2O4S/c1-27(2,3)34-26(32)30-15-13-20(14-16-30)33-22-10-5-4-9-21(22)23-11-12-24(35-23)25(31)29-19-8-6-7-18(28)17-19/h4-12,17,20H,13-16H2,1-3H3,(H,29,31). The summed E-state index contributed by atoms with van der Waals surface area (Å²) in [4.78, 5) is 28.3. The summed E-state index contributed by atoms with van der Waals surface area (Å²) in [6, 6.07) is 18.7. The SMILES string of the molecule is CC(C)(C)OC(=O)N1CCC(Oc2ccccc2-c2ccc(C(=O)Nc3cccc(Cl)c3)s2)CC1. The molecule has 0 saturated carbocycles. The van der Waals surface area contributed by atoms with E-state index in [1.165, 1.54) is 11.3 Å². The molecule has 2 aromatic carbocycles. The lowest BCUT2D eigenvalue weighted by atomic mass is 10.1. The number of hydrogen-bond donors (Lipinski definition) is 1. The number of carbonyl (C=O) groups is 2. The number of halogens is 1. The minimum Gasteiger partial charge on any atom is -0.490 e. The van der Waals surface area contributed by atoms with E-state index < -0.39 is 5.60 Å². The lowest BCUT2D eigenvalue weighted by Gasteiger charge is -2.33. The summed E-state index contributed by atoms with van der Waals surface area (Å²) in [5.74, 6) is 0.586. The fourth-order valence-electron chi connectivity index (χ4n) is 3.80. The van der Waals surface area contributed by atoms with Gasteiger partial charge in [-0.25, -0.2) is 4.79 Å². The molecular formula is C27H29ClN2O4S. The highest BCUT2D eigenvalue weighted by Crippen LogP contribution is 2.36. The predicted molar refractivity (Wildman–Crippen MR) is 141 cm³/mol. The number of thiophene rings is 1. The molecule has 1 aromatic heterocycles. The number of nitrogens with one attached hydrogen (secondary N) is 1. The maximum atomic E-state index is 12.7. The molecule has 1 aliphatic rings. The molecule has 0 bridgehead atoms. The lowest BCUT2D eigenvalue weighted by molar-refractivity contribution is 0.0127. The van der Waals surface area contributed by atoms with Gasteiger partial charge in [-0.2, -0.15) is 0 Å². The molecular weight excluding hydrogens is 484 g/mol. The topological polar surface area (TPSA) is 67.9 Å². The number of anilines is 1. The molecule has 8 heteroatoms. The minimum atomic E-state index is -0.506. The van der Waals surface area contributed by atoms with Crippen LogP contribution in [0.2, 0.25) is 5.02 Å². The van der Waals surface area contributed by atoms with Crippen molar-refractivity contribution in [3.8, 4) is 16.2 Å². The maximum Gasteiger partial charge on any atom is 0.410 e. The Hall–Kier alpha value is -3.03. The van der Waals surface area contributed by atoms with Gasteiger partial charge in [-0.1, -0.05) is 29.8 Å². The molecule has 6 nitrogen and oxygen atoms in total. The van der Waals surface area contributed by atoms with Gasteiger partial charge in [0.15, 0.2) is 0 Å². The van der Waals surface area contributed by atoms with Gasteiger partial charge in [0.2, 0.25) is 0 Å². The molecule has 2 amide bonds. The maximum absolute atomic E-state index is 12.7. The van der Waals surface area contributed by atoms with Gasteiger partial charge in [-0.3, -0.25) is 4.79 Å². The van der Waals surface area contributed by atoms with E-state index in [1.54, 1.807) is 29.2 Å². The second kappa shape index (κ2) is 10.7. The highest BCUT2D eigenvalue weighted by molar-refractivity contribution is 7.17. The van der Waals surface area contributed by atoms with Crippen LogP contribution in [-0.2, 0) is 4.74 Å². The monoisotopic (exact) mass is 512 g/mol. The number of benzene rings is 2. The van der Waals surface area contributed by atoms with Crippen molar-refractivity contribution >= 4 is 40.6 Å². The van der Waals surface area contributed by atoms with E-state index >= 15 is 0 Å². The van der Waals surface area contributed by atoms with E-state index in [9.17, 15) is 9.59 Å². The van der Waals surface area contributed by atoms with E-state index in [0.717, 1.165) is 29.0 Å². The molecule has 0 radical (unpaired) electrons. The second-order valence-electron chi connectivity index (χ2n) is 9.41. The number of piperidine rings is 1. The smallest absolute Gasteiger partial charge is 0.410 e. The third-order valence-corrected chi connectivity index (χ3v) is 6.80. The van der Waals surface area contributed by atoms with Gasteiger partial charge >= 0.3 is 6.09 Å². The quantitative estimate of drug-likeness (QED) is 0.396. The molecule has 0 spiro atoms. The summed E-state index contributed by atoms with van der Waals surface area (Å²) in [5, 5.41) is 3.45. The van der Waals surface area contributed by atoms with Gasteiger partial charge in [0.25, 0.3) is 5.91 Å². The molecule has 1 N–H and O–H groups in total. The molecule has 1 aliphatic heterocycles. The summed E-state index contributed by atoms with van der Waals surface area (Å²) in [6.07, 6.45) is 1.18. The van der Waals surface area contributed by atoms with Crippen molar-refractivity contribution in [1.29, 1.82) is 0 Å². The number of likely N-dealkylation sites (tertiary alicyclic amines) is 1. The Morgan fingerprint density at radius 3 is 2.49 bits per heavy atom. The third kappa shape index (κ3) is 6.77. The Morgan fingerprint density at radius 2 is 1.77 bits per heavy atom. The van der Waals surface area contributed by atoms with Crippen LogP contribution in [0, 0.1) is 0 Å². The minimum absolute atomic E-state index is 0.000368. The summed E-state index contributed by atoms with van der Waals surface area (Å²) >= 11 is 7.43. The Bertz CT molecular complexity index is 1200. The molecule has 0 aliphatic carbocycles. The normalized spacial score (nSPS) is 14.5. The first kappa shape index (κ1) is 25.1. The number of nitrogens with zero attached hydrogens (tertiary/aromatic N) is 1. The van der Waals surface area contributed by atoms with Crippen LogP contribution in [0.5, 0.6) is 5.75 Å². The van der Waals surface area contributed by atoms with Gasteiger partial charge in [-0.15, -0.1) is 11.3 Å². The van der Waals surface area contributed by atoms with Crippen LogP contribution in [0.25, 0.3) is 10.4 Å². The number of hydrogen-bond acceptors (Lipinski definition) is 5. The van der Waals surface area contributed by atoms with Crippen molar-refractivity contribution < 1.29 is 19.1 Å². The first-order valence-electron chi connectivity index (χ1n) is 11.6. The van der Waals surface area contributed by atoms with Gasteiger partial charge in [0.05, 0.1) is 4.88 Å². The summed E-state index contributed by atoms with van der Waals surface area (Å²) in [5.41, 5.74) is 1.08. The zero-order valence-electron chi connectivity index (χ0n) is 20.0. The predicted octanol–water partition coefficient (Wildman–Crippen LogP) is 7.10. The zero-order valence-corrected chi connectivity index (χ0v) is 21.6. The summed E-state index contributed by atoms with van der Waals surface area (Å²) < 4.78 is 11.8. The van der Waals surface area contributed by atoms with Crippen LogP contribution in [0.15, 0.2) is 60.7 Å². The first-order valence-corrected chi connectivity index (χ1v) is 12.8. The molecule has 2 heterocycles. The second-order valence-corrected chi connectivity index (χ2v) is 10.9. The van der Waals surface area contributed by atoms with E-state index in [-0.39, 0.29) is 18.1 Å². The molecule has 35 heavy (non-hydrogen) atoms. The summed E-state index contributed by atoms with van der Waals surface area (Å²) in [7, 11) is 0. The van der Waals surface area contributed by atoms with Crippen molar-refractivity contribution in [2.45, 2.75) is 45.3 Å². The van der Waals surface area contributed by atoms with Crippen LogP contribution in [0.3, 0.4) is 0 Å². The number of ether oxygens (including phenoxy) is 2. The van der Waals surface area contributed by atoms with E-state index in [0.29, 0.717) is 28.7 Å². The van der Waals surface area contributed by atoms with Gasteiger partial charge in [0.1, 0.15) is 17.5 Å². The number of rotatable bonds is 5. The van der Waals surface area contributed by atoms with Crippen LogP contribution in [0.4, 0.5) is 10.5 Å². The molecule has 3 aromatic rings. The number of para-hydroxylation sites is 1. The first-order chi connectivity index (χ1) is 16.7. The van der Waals surface area contributed by atoms with Crippen molar-refractivity contribution in [1.82, 2.24) is 4.90 Å². The molecule has 1 fully saturated rings. The highest BCUT2D eigenvalue weighted by Gasteiger charge is 2.28. The lowest BCUT2D eigenvalue weighted by Crippen LogP contribution is -2.44. The van der Waals surface area contributed by atoms with Crippen LogP contribution < -0.4 is 10.1 Å². The van der Waals surface area contributed by atoms with Crippen molar-refractivity contribution in [3.63, 3.8) is 0 Å². The average molecular weight is 513 g/mol. The van der Waals surface area contributed by atoms with Gasteiger partial charge < -0.3 is 19.7 Å². The van der Waals surface area contributed by atoms with E-state index in [4.69, 9.17) is 21.1 Å². The molecule has 1 saturated heterocycles. The van der Waals surface area contributed by atoms with Crippen LogP contribution in [-0.4, -0.2) is 41.7 Å². The summed E-state index contributed by atoms with van der Waals surface area (Å²) in [6.45, 7) is 6.79. The Labute approximate surface area is 214 Å². The third-order valence-electron chi connectivity index (χ3n) is 5.45. The molecule has 0 atom stereocenters. The van der Waals surface area contributed by atoms with Crippen molar-refractivity contribution in [2.24, 2.45) is 0 Å². The molecule has 184 valence electrons. The van der Waals surface area contributed by atoms with Crippen molar-refractivity contribution in [3.05, 3.63) is 70.6 Å². The Kier molecular flexibility index (Phi) is 7.67. The Balaban J connectivity index is 1.40. The number of amides is 2. The fourth-order valence-corrected chi connectivity index (χ4v) is 4.92. The van der Waals surface area contributed by atoms with Crippen molar-refractivity contribution in [2.75, 3.05) is 18.4 Å². The fraction of sp³-hybridized carbons (Fsp3) is 0.333. The molecule has 4 rings (SSSR count). The van der Waals surface area contributed by atoms with E-state index in [2.05, 4.69) is 5.32 Å². The molecule has 0 unspecified atom stereocenters. The van der Waals surface area contributed by atoms with E-state index in [1.807, 2.05) is 57.2 Å². The number of carbonyl (C=O) groups excluding carboxylic acids is 2.